The van der Waals surface area contributed by atoms with Gasteiger partial charge in [0.15, 0.2) is 11.5 Å². The molecule has 2 aromatic carbocycles. The van der Waals surface area contributed by atoms with E-state index in [1.165, 1.54) is 29.6 Å². The minimum Gasteiger partial charge on any atom is -0.495 e. The van der Waals surface area contributed by atoms with Crippen LogP contribution in [0.2, 0.25) is 0 Å². The number of rotatable bonds is 6. The molecule has 0 spiro atoms. The molecule has 2 aliphatic heterocycles. The van der Waals surface area contributed by atoms with Crippen molar-refractivity contribution in [2.24, 2.45) is 0 Å². The van der Waals surface area contributed by atoms with E-state index in [4.69, 9.17) is 18.9 Å². The van der Waals surface area contributed by atoms with Crippen molar-refractivity contribution >= 4 is 15.9 Å². The van der Waals surface area contributed by atoms with Gasteiger partial charge in [0.1, 0.15) is 23.4 Å². The first-order chi connectivity index (χ1) is 15.0. The topological polar surface area (TPSA) is 103 Å². The average Bonchev–Trinajstić information content (AvgIpc) is 2.82. The summed E-state index contributed by atoms with van der Waals surface area (Å²) < 4.78 is 49.5. The lowest BCUT2D eigenvalue weighted by molar-refractivity contribution is 0.0729. The number of hydrogen-bond acceptors (Lipinski definition) is 7. The van der Waals surface area contributed by atoms with Crippen molar-refractivity contribution in [3.63, 3.8) is 0 Å². The number of methoxy groups -OCH3 is 1. The fraction of sp³-hybridized carbons (Fsp3) is 0.381. The standard InChI is InChI=1S/C21H24N2O7S/c1-27-19-7-6-15(12-20(19)31(25,26)23-8-10-28-11-9-23)21(24)22-13-16-14-29-17-4-2-3-5-18(17)30-16/h2-7,12,16H,8-11,13-14H2,1H3,(H,22,24)/t16-/m0/s1. The number of morpholine rings is 1. The molecule has 2 aliphatic rings. The van der Waals surface area contributed by atoms with Crippen LogP contribution in [0, 0.1) is 0 Å². The van der Waals surface area contributed by atoms with Crippen LogP contribution in [0.1, 0.15) is 10.4 Å². The first-order valence-electron chi connectivity index (χ1n) is 9.91. The lowest BCUT2D eigenvalue weighted by Gasteiger charge is -2.27. The van der Waals surface area contributed by atoms with Gasteiger partial charge in [-0.2, -0.15) is 4.31 Å². The lowest BCUT2D eigenvalue weighted by atomic mass is 10.2. The van der Waals surface area contributed by atoms with Crippen molar-refractivity contribution < 1.29 is 32.2 Å². The first kappa shape index (κ1) is 21.4. The fourth-order valence-corrected chi connectivity index (χ4v) is 5.01. The Balaban J connectivity index is 1.47. The zero-order valence-electron chi connectivity index (χ0n) is 17.1. The summed E-state index contributed by atoms with van der Waals surface area (Å²) in [5, 5.41) is 2.78. The Morgan fingerprint density at radius 3 is 2.65 bits per heavy atom. The Morgan fingerprint density at radius 2 is 1.90 bits per heavy atom. The van der Waals surface area contributed by atoms with E-state index in [0.29, 0.717) is 31.3 Å². The minimum absolute atomic E-state index is 0.0456. The van der Waals surface area contributed by atoms with Crippen molar-refractivity contribution in [3.8, 4) is 17.2 Å². The van der Waals surface area contributed by atoms with Crippen LogP contribution in [0.15, 0.2) is 47.4 Å². The van der Waals surface area contributed by atoms with E-state index in [1.807, 2.05) is 18.2 Å². The highest BCUT2D eigenvalue weighted by atomic mass is 32.2. The van der Waals surface area contributed by atoms with Gasteiger partial charge in [-0.05, 0) is 30.3 Å². The van der Waals surface area contributed by atoms with E-state index in [2.05, 4.69) is 5.32 Å². The Bertz CT molecular complexity index is 1050. The predicted molar refractivity (Wildman–Crippen MR) is 111 cm³/mol. The summed E-state index contributed by atoms with van der Waals surface area (Å²) in [4.78, 5) is 12.7. The number of amides is 1. The summed E-state index contributed by atoms with van der Waals surface area (Å²) in [6.45, 7) is 1.68. The molecule has 2 heterocycles. The largest absolute Gasteiger partial charge is 0.495 e. The molecule has 0 saturated carbocycles. The Hall–Kier alpha value is -2.82. The molecule has 1 atom stereocenters. The number of carbonyl (C=O) groups is 1. The van der Waals surface area contributed by atoms with Crippen LogP contribution >= 0.6 is 0 Å². The van der Waals surface area contributed by atoms with E-state index in [9.17, 15) is 13.2 Å². The Morgan fingerprint density at radius 1 is 1.16 bits per heavy atom. The number of nitrogens with one attached hydrogen (secondary N) is 1. The van der Waals surface area contributed by atoms with Crippen LogP contribution in [0.4, 0.5) is 0 Å². The van der Waals surface area contributed by atoms with Gasteiger partial charge >= 0.3 is 0 Å². The molecular formula is C21H24N2O7S. The summed E-state index contributed by atoms with van der Waals surface area (Å²) in [5.74, 6) is 1.06. The molecule has 0 aromatic heterocycles. The molecule has 1 saturated heterocycles. The SMILES string of the molecule is COc1ccc(C(=O)NC[C@H]2COc3ccccc3O2)cc1S(=O)(=O)N1CCOCC1. The normalized spacial score (nSPS) is 18.9. The molecule has 166 valence electrons. The molecule has 1 amide bonds. The van der Waals surface area contributed by atoms with Crippen molar-refractivity contribution in [3.05, 3.63) is 48.0 Å². The molecule has 0 bridgehead atoms. The maximum absolute atomic E-state index is 13.1. The van der Waals surface area contributed by atoms with Gasteiger partial charge < -0.3 is 24.3 Å². The molecule has 0 aliphatic carbocycles. The zero-order valence-corrected chi connectivity index (χ0v) is 17.9. The number of para-hydroxylation sites is 2. The number of sulfonamides is 1. The van der Waals surface area contributed by atoms with Crippen LogP contribution in [0.5, 0.6) is 17.2 Å². The highest BCUT2D eigenvalue weighted by Gasteiger charge is 2.30. The Kier molecular flexibility index (Phi) is 6.30. The van der Waals surface area contributed by atoms with Crippen molar-refractivity contribution in [2.45, 2.75) is 11.0 Å². The van der Waals surface area contributed by atoms with Gasteiger partial charge in [0, 0.05) is 18.7 Å². The van der Waals surface area contributed by atoms with Crippen LogP contribution in [-0.2, 0) is 14.8 Å². The second-order valence-electron chi connectivity index (χ2n) is 7.09. The number of nitrogens with zero attached hydrogens (tertiary/aromatic N) is 1. The number of fused-ring (bicyclic) bond motifs is 1. The molecular weight excluding hydrogens is 424 g/mol. The summed E-state index contributed by atoms with van der Waals surface area (Å²) >= 11 is 0. The van der Waals surface area contributed by atoms with Crippen molar-refractivity contribution in [2.75, 3.05) is 46.6 Å². The smallest absolute Gasteiger partial charge is 0.251 e. The van der Waals surface area contributed by atoms with Crippen LogP contribution in [0.3, 0.4) is 0 Å². The second kappa shape index (κ2) is 9.13. The van der Waals surface area contributed by atoms with E-state index >= 15 is 0 Å². The van der Waals surface area contributed by atoms with Gasteiger partial charge in [0.25, 0.3) is 5.91 Å². The van der Waals surface area contributed by atoms with Crippen LogP contribution in [0.25, 0.3) is 0 Å². The average molecular weight is 448 g/mol. The molecule has 0 unspecified atom stereocenters. The molecule has 2 aromatic rings. The molecule has 9 nitrogen and oxygen atoms in total. The third-order valence-electron chi connectivity index (χ3n) is 5.07. The summed E-state index contributed by atoms with van der Waals surface area (Å²) in [5.41, 5.74) is 0.213. The van der Waals surface area contributed by atoms with Gasteiger partial charge in [0.2, 0.25) is 10.0 Å². The third-order valence-corrected chi connectivity index (χ3v) is 6.99. The number of ether oxygens (including phenoxy) is 4. The molecule has 31 heavy (non-hydrogen) atoms. The highest BCUT2D eigenvalue weighted by molar-refractivity contribution is 7.89. The zero-order chi connectivity index (χ0) is 21.8. The van der Waals surface area contributed by atoms with Crippen LogP contribution in [-0.4, -0.2) is 71.3 Å². The molecule has 4 rings (SSSR count). The van der Waals surface area contributed by atoms with Crippen molar-refractivity contribution in [1.82, 2.24) is 9.62 Å². The molecule has 1 fully saturated rings. The maximum atomic E-state index is 13.1. The Labute approximate surface area is 180 Å². The van der Waals surface area contributed by atoms with Gasteiger partial charge in [-0.1, -0.05) is 12.1 Å². The molecule has 0 radical (unpaired) electrons. The summed E-state index contributed by atoms with van der Waals surface area (Å²) in [7, 11) is -2.43. The number of benzene rings is 2. The first-order valence-corrected chi connectivity index (χ1v) is 11.4. The quantitative estimate of drug-likeness (QED) is 0.710. The summed E-state index contributed by atoms with van der Waals surface area (Å²) in [6, 6.07) is 11.7. The van der Waals surface area contributed by atoms with Gasteiger partial charge in [0.05, 0.1) is 26.9 Å². The van der Waals surface area contributed by atoms with E-state index in [0.717, 1.165) is 0 Å². The van der Waals surface area contributed by atoms with Crippen LogP contribution < -0.4 is 19.5 Å². The van der Waals surface area contributed by atoms with Gasteiger partial charge in [-0.15, -0.1) is 0 Å². The number of hydrogen-bond donors (Lipinski definition) is 1. The summed E-state index contributed by atoms with van der Waals surface area (Å²) in [6.07, 6.45) is -0.353. The third kappa shape index (κ3) is 4.60. The van der Waals surface area contributed by atoms with Crippen molar-refractivity contribution in [1.29, 1.82) is 0 Å². The maximum Gasteiger partial charge on any atom is 0.251 e. The van der Waals surface area contributed by atoms with E-state index in [1.54, 1.807) is 6.07 Å². The fourth-order valence-electron chi connectivity index (χ4n) is 3.42. The lowest BCUT2D eigenvalue weighted by Crippen LogP contribution is -2.41. The van der Waals surface area contributed by atoms with Gasteiger partial charge in [-0.25, -0.2) is 8.42 Å². The minimum atomic E-state index is -3.83. The molecule has 1 N–H and O–H groups in total. The van der Waals surface area contributed by atoms with E-state index < -0.39 is 15.9 Å². The molecule has 10 heteroatoms. The monoisotopic (exact) mass is 448 g/mol. The highest BCUT2D eigenvalue weighted by Crippen LogP contribution is 2.31. The van der Waals surface area contributed by atoms with Gasteiger partial charge in [-0.3, -0.25) is 4.79 Å². The van der Waals surface area contributed by atoms with E-state index in [-0.39, 0.29) is 41.9 Å². The number of carbonyl (C=O) groups excluding carboxylic acids is 1. The second-order valence-corrected chi connectivity index (χ2v) is 9.00. The predicted octanol–water partition coefficient (Wildman–Crippen LogP) is 1.29.